The van der Waals surface area contributed by atoms with Crippen molar-refractivity contribution in [1.82, 2.24) is 0 Å². The maximum absolute atomic E-state index is 10.6. The summed E-state index contributed by atoms with van der Waals surface area (Å²) in [6.07, 6.45) is 0.159. The Labute approximate surface area is 102 Å². The molecule has 0 radical (unpaired) electrons. The third-order valence-corrected chi connectivity index (χ3v) is 2.51. The lowest BCUT2D eigenvalue weighted by Crippen LogP contribution is -2.05. The molecule has 1 aromatic rings. The first kappa shape index (κ1) is 13.6. The predicted octanol–water partition coefficient (Wildman–Crippen LogP) is 3.30. The van der Waals surface area contributed by atoms with Gasteiger partial charge in [0.15, 0.2) is 0 Å². The summed E-state index contributed by atoms with van der Waals surface area (Å²) in [5.74, 6) is 0.606. The SMILES string of the molecule is CC(C)COc1ccc([C@@H](C)CC(=O)O)cc1. The summed E-state index contributed by atoms with van der Waals surface area (Å²) < 4.78 is 5.57. The van der Waals surface area contributed by atoms with Crippen molar-refractivity contribution in [3.8, 4) is 5.75 Å². The average Bonchev–Trinajstić information content (AvgIpc) is 2.26. The molecule has 3 heteroatoms. The maximum Gasteiger partial charge on any atom is 0.303 e. The van der Waals surface area contributed by atoms with E-state index in [0.29, 0.717) is 12.5 Å². The second-order valence-corrected chi connectivity index (χ2v) is 4.77. The largest absolute Gasteiger partial charge is 0.493 e. The first-order valence-corrected chi connectivity index (χ1v) is 5.93. The number of hydrogen-bond donors (Lipinski definition) is 1. The van der Waals surface area contributed by atoms with Gasteiger partial charge in [-0.05, 0) is 29.5 Å². The Morgan fingerprint density at radius 2 is 1.82 bits per heavy atom. The van der Waals surface area contributed by atoms with Gasteiger partial charge in [0, 0.05) is 0 Å². The smallest absolute Gasteiger partial charge is 0.303 e. The molecule has 0 aliphatic carbocycles. The summed E-state index contributed by atoms with van der Waals surface area (Å²) in [6.45, 7) is 6.81. The van der Waals surface area contributed by atoms with Gasteiger partial charge in [0.25, 0.3) is 0 Å². The van der Waals surface area contributed by atoms with Crippen LogP contribution < -0.4 is 4.74 Å². The van der Waals surface area contributed by atoms with Gasteiger partial charge in [-0.1, -0.05) is 32.9 Å². The van der Waals surface area contributed by atoms with Crippen LogP contribution in [0.5, 0.6) is 5.75 Å². The molecule has 17 heavy (non-hydrogen) atoms. The molecule has 0 aliphatic heterocycles. The monoisotopic (exact) mass is 236 g/mol. The maximum atomic E-state index is 10.6. The Morgan fingerprint density at radius 1 is 1.24 bits per heavy atom. The van der Waals surface area contributed by atoms with Crippen molar-refractivity contribution in [2.24, 2.45) is 5.92 Å². The summed E-state index contributed by atoms with van der Waals surface area (Å²) >= 11 is 0. The molecule has 3 nitrogen and oxygen atoms in total. The zero-order valence-electron chi connectivity index (χ0n) is 10.6. The standard InChI is InChI=1S/C14H20O3/c1-10(2)9-17-13-6-4-12(5-7-13)11(3)8-14(15)16/h4-7,10-11H,8-9H2,1-3H3,(H,15,16)/t11-/m0/s1. The number of hydrogen-bond acceptors (Lipinski definition) is 2. The molecule has 0 unspecified atom stereocenters. The molecule has 0 aromatic heterocycles. The van der Waals surface area contributed by atoms with Crippen LogP contribution in [-0.2, 0) is 4.79 Å². The lowest BCUT2D eigenvalue weighted by atomic mass is 9.98. The van der Waals surface area contributed by atoms with Crippen LogP contribution in [0.4, 0.5) is 0 Å². The molecule has 0 saturated carbocycles. The number of carbonyl (C=O) groups is 1. The van der Waals surface area contributed by atoms with Crippen molar-refractivity contribution in [2.75, 3.05) is 6.61 Å². The molecule has 1 atom stereocenters. The normalized spacial score (nSPS) is 12.5. The minimum atomic E-state index is -0.766. The zero-order valence-corrected chi connectivity index (χ0v) is 10.6. The van der Waals surface area contributed by atoms with Gasteiger partial charge in [-0.15, -0.1) is 0 Å². The molecule has 1 N–H and O–H groups in total. The highest BCUT2D eigenvalue weighted by Crippen LogP contribution is 2.22. The fraction of sp³-hybridized carbons (Fsp3) is 0.500. The van der Waals surface area contributed by atoms with Crippen LogP contribution in [0.15, 0.2) is 24.3 Å². The number of rotatable bonds is 6. The highest BCUT2D eigenvalue weighted by Gasteiger charge is 2.09. The van der Waals surface area contributed by atoms with Gasteiger partial charge in [-0.2, -0.15) is 0 Å². The van der Waals surface area contributed by atoms with Gasteiger partial charge in [0.1, 0.15) is 5.75 Å². The van der Waals surface area contributed by atoms with Crippen molar-refractivity contribution in [3.05, 3.63) is 29.8 Å². The molecule has 1 aromatic carbocycles. The van der Waals surface area contributed by atoms with E-state index >= 15 is 0 Å². The van der Waals surface area contributed by atoms with E-state index in [-0.39, 0.29) is 12.3 Å². The molecule has 0 fully saturated rings. The molecule has 1 rings (SSSR count). The molecule has 0 bridgehead atoms. The van der Waals surface area contributed by atoms with E-state index in [1.807, 2.05) is 31.2 Å². The second-order valence-electron chi connectivity index (χ2n) is 4.77. The lowest BCUT2D eigenvalue weighted by Gasteiger charge is -2.12. The number of benzene rings is 1. The molecule has 0 amide bonds. The second kappa shape index (κ2) is 6.28. The lowest BCUT2D eigenvalue weighted by molar-refractivity contribution is -0.137. The van der Waals surface area contributed by atoms with Gasteiger partial charge in [0.05, 0.1) is 13.0 Å². The van der Waals surface area contributed by atoms with Crippen LogP contribution in [0.2, 0.25) is 0 Å². The van der Waals surface area contributed by atoms with Crippen molar-refractivity contribution in [3.63, 3.8) is 0 Å². The fourth-order valence-electron chi connectivity index (χ4n) is 1.54. The quantitative estimate of drug-likeness (QED) is 0.824. The number of ether oxygens (including phenoxy) is 1. The molecule has 0 saturated heterocycles. The molecular formula is C14H20O3. The van der Waals surface area contributed by atoms with E-state index in [4.69, 9.17) is 9.84 Å². The third-order valence-electron chi connectivity index (χ3n) is 2.51. The zero-order chi connectivity index (χ0) is 12.8. The van der Waals surface area contributed by atoms with E-state index in [1.165, 1.54) is 0 Å². The first-order chi connectivity index (χ1) is 7.99. The van der Waals surface area contributed by atoms with Crippen LogP contribution >= 0.6 is 0 Å². The predicted molar refractivity (Wildman–Crippen MR) is 67.4 cm³/mol. The first-order valence-electron chi connectivity index (χ1n) is 5.93. The number of aliphatic carboxylic acids is 1. The van der Waals surface area contributed by atoms with Crippen molar-refractivity contribution >= 4 is 5.97 Å². The summed E-state index contributed by atoms with van der Waals surface area (Å²) in [7, 11) is 0. The Balaban J connectivity index is 2.58. The van der Waals surface area contributed by atoms with Crippen molar-refractivity contribution in [2.45, 2.75) is 33.1 Å². The van der Waals surface area contributed by atoms with Crippen LogP contribution in [0.3, 0.4) is 0 Å². The van der Waals surface area contributed by atoms with Crippen LogP contribution in [-0.4, -0.2) is 17.7 Å². The Morgan fingerprint density at radius 3 is 2.29 bits per heavy atom. The Hall–Kier alpha value is -1.51. The van der Waals surface area contributed by atoms with E-state index < -0.39 is 5.97 Å². The van der Waals surface area contributed by atoms with Gasteiger partial charge < -0.3 is 9.84 Å². The van der Waals surface area contributed by atoms with Crippen LogP contribution in [0.25, 0.3) is 0 Å². The fourth-order valence-corrected chi connectivity index (χ4v) is 1.54. The van der Waals surface area contributed by atoms with E-state index in [0.717, 1.165) is 11.3 Å². The molecule has 0 heterocycles. The summed E-state index contributed by atoms with van der Waals surface area (Å²) in [4.78, 5) is 10.6. The van der Waals surface area contributed by atoms with Gasteiger partial charge in [0.2, 0.25) is 0 Å². The molecule has 0 aliphatic rings. The topological polar surface area (TPSA) is 46.5 Å². The highest BCUT2D eigenvalue weighted by molar-refractivity contribution is 5.67. The summed E-state index contributed by atoms with van der Waals surface area (Å²) in [5, 5.41) is 8.72. The summed E-state index contributed by atoms with van der Waals surface area (Å²) in [5.41, 5.74) is 1.03. The Kier molecular flexibility index (Phi) is 5.01. The van der Waals surface area contributed by atoms with Gasteiger partial charge in [-0.3, -0.25) is 4.79 Å². The third kappa shape index (κ3) is 4.89. The number of carboxylic acid groups (broad SMARTS) is 1. The summed E-state index contributed by atoms with van der Waals surface area (Å²) in [6, 6.07) is 7.67. The minimum absolute atomic E-state index is 0.0339. The molecular weight excluding hydrogens is 216 g/mol. The number of carboxylic acids is 1. The average molecular weight is 236 g/mol. The van der Waals surface area contributed by atoms with Crippen molar-refractivity contribution < 1.29 is 14.6 Å². The van der Waals surface area contributed by atoms with Crippen LogP contribution in [0.1, 0.15) is 38.7 Å². The van der Waals surface area contributed by atoms with Gasteiger partial charge >= 0.3 is 5.97 Å². The molecule has 94 valence electrons. The van der Waals surface area contributed by atoms with Crippen LogP contribution in [0, 0.1) is 5.92 Å². The van der Waals surface area contributed by atoms with E-state index in [9.17, 15) is 4.79 Å². The Bertz CT molecular complexity index is 354. The van der Waals surface area contributed by atoms with Gasteiger partial charge in [-0.25, -0.2) is 0 Å². The van der Waals surface area contributed by atoms with E-state index in [1.54, 1.807) is 0 Å². The minimum Gasteiger partial charge on any atom is -0.493 e. The van der Waals surface area contributed by atoms with E-state index in [2.05, 4.69) is 13.8 Å². The molecule has 0 spiro atoms. The highest BCUT2D eigenvalue weighted by atomic mass is 16.5. The van der Waals surface area contributed by atoms with Crippen molar-refractivity contribution in [1.29, 1.82) is 0 Å².